The van der Waals surface area contributed by atoms with Crippen molar-refractivity contribution < 1.29 is 18.9 Å². The Labute approximate surface area is 181 Å². The van der Waals surface area contributed by atoms with E-state index in [2.05, 4.69) is 17.1 Å². The molecule has 0 bridgehead atoms. The van der Waals surface area contributed by atoms with E-state index in [0.717, 1.165) is 84.2 Å². The molecule has 8 heteroatoms. The second-order valence-electron chi connectivity index (χ2n) is 6.94. The maximum Gasteiger partial charge on any atom is 0.193 e. The van der Waals surface area contributed by atoms with Crippen LogP contribution in [0, 0.1) is 5.92 Å². The predicted molar refractivity (Wildman–Crippen MR) is 118 cm³/mol. The van der Waals surface area contributed by atoms with Gasteiger partial charge in [0.25, 0.3) is 0 Å². The van der Waals surface area contributed by atoms with E-state index >= 15 is 0 Å². The Morgan fingerprint density at radius 3 is 2.74 bits per heavy atom. The quantitative estimate of drug-likeness (QED) is 0.204. The molecule has 7 nitrogen and oxygen atoms in total. The highest BCUT2D eigenvalue weighted by atomic mass is 127. The van der Waals surface area contributed by atoms with Gasteiger partial charge in [-0.25, -0.2) is 0 Å². The Morgan fingerprint density at radius 2 is 2.00 bits per heavy atom. The lowest BCUT2D eigenvalue weighted by atomic mass is 10.1. The molecule has 27 heavy (non-hydrogen) atoms. The molecule has 1 atom stereocenters. The standard InChI is InChI=1S/C19H37N3O4.HI/c1-3-20-19(21-8-4-10-26-18-6-11-24-12-7-18)22-9-5-17(15-22)16-25-14-13-23-2;/h17-18H,3-16H2,1-2H3,(H,20,21);1H. The van der Waals surface area contributed by atoms with Gasteiger partial charge in [-0.3, -0.25) is 4.99 Å². The monoisotopic (exact) mass is 499 g/mol. The Bertz CT molecular complexity index is 395. The molecule has 2 aliphatic rings. The summed E-state index contributed by atoms with van der Waals surface area (Å²) in [5.74, 6) is 1.60. The van der Waals surface area contributed by atoms with Crippen molar-refractivity contribution in [2.24, 2.45) is 10.9 Å². The second kappa shape index (κ2) is 15.7. The smallest absolute Gasteiger partial charge is 0.193 e. The van der Waals surface area contributed by atoms with E-state index in [1.807, 2.05) is 0 Å². The van der Waals surface area contributed by atoms with Crippen LogP contribution in [0.15, 0.2) is 4.99 Å². The van der Waals surface area contributed by atoms with Crippen LogP contribution in [0.1, 0.15) is 32.6 Å². The number of hydrogen-bond acceptors (Lipinski definition) is 5. The lowest BCUT2D eigenvalue weighted by molar-refractivity contribution is -0.0318. The van der Waals surface area contributed by atoms with Crippen LogP contribution in [0.5, 0.6) is 0 Å². The SMILES string of the molecule is CCNC(=NCCCOC1CCOCC1)N1CCC(COCCOC)C1.I. The largest absolute Gasteiger partial charge is 0.382 e. The summed E-state index contributed by atoms with van der Waals surface area (Å²) in [7, 11) is 1.70. The van der Waals surface area contributed by atoms with Crippen LogP contribution in [-0.2, 0) is 18.9 Å². The van der Waals surface area contributed by atoms with Crippen molar-refractivity contribution in [3.05, 3.63) is 0 Å². The summed E-state index contributed by atoms with van der Waals surface area (Å²) in [4.78, 5) is 7.14. The number of guanidine groups is 1. The summed E-state index contributed by atoms with van der Waals surface area (Å²) in [6.07, 6.45) is 4.54. The van der Waals surface area contributed by atoms with Crippen molar-refractivity contribution >= 4 is 29.9 Å². The first-order valence-electron chi connectivity index (χ1n) is 10.1. The van der Waals surface area contributed by atoms with Gasteiger partial charge in [-0.1, -0.05) is 0 Å². The number of nitrogens with one attached hydrogen (secondary N) is 1. The third-order valence-corrected chi connectivity index (χ3v) is 4.79. The molecule has 2 aliphatic heterocycles. The number of ether oxygens (including phenoxy) is 4. The molecule has 0 aromatic rings. The van der Waals surface area contributed by atoms with Crippen LogP contribution in [0.4, 0.5) is 0 Å². The lowest BCUT2D eigenvalue weighted by Gasteiger charge is -2.23. The van der Waals surface area contributed by atoms with Crippen molar-refractivity contribution in [2.45, 2.75) is 38.7 Å². The summed E-state index contributed by atoms with van der Waals surface area (Å²) in [6.45, 7) is 10.5. The highest BCUT2D eigenvalue weighted by Crippen LogP contribution is 2.17. The number of hydrogen-bond donors (Lipinski definition) is 1. The van der Waals surface area contributed by atoms with E-state index in [1.54, 1.807) is 7.11 Å². The lowest BCUT2D eigenvalue weighted by Crippen LogP contribution is -2.40. The predicted octanol–water partition coefficient (Wildman–Crippen LogP) is 2.14. The molecule has 0 aliphatic carbocycles. The van der Waals surface area contributed by atoms with Gasteiger partial charge in [-0.15, -0.1) is 24.0 Å². The maximum atomic E-state index is 5.92. The molecule has 1 N–H and O–H groups in total. The van der Waals surface area contributed by atoms with E-state index in [9.17, 15) is 0 Å². The van der Waals surface area contributed by atoms with Gasteiger partial charge >= 0.3 is 0 Å². The number of methoxy groups -OCH3 is 1. The number of likely N-dealkylation sites (tertiary alicyclic amines) is 1. The minimum absolute atomic E-state index is 0. The normalized spacial score (nSPS) is 21.3. The Kier molecular flexibility index (Phi) is 14.5. The van der Waals surface area contributed by atoms with Gasteiger partial charge < -0.3 is 29.2 Å². The van der Waals surface area contributed by atoms with Crippen molar-refractivity contribution in [1.82, 2.24) is 10.2 Å². The zero-order valence-corrected chi connectivity index (χ0v) is 19.3. The first-order valence-corrected chi connectivity index (χ1v) is 10.1. The van der Waals surface area contributed by atoms with Crippen molar-refractivity contribution in [3.63, 3.8) is 0 Å². The van der Waals surface area contributed by atoms with E-state index < -0.39 is 0 Å². The molecular formula is C19H38IN3O4. The van der Waals surface area contributed by atoms with Crippen molar-refractivity contribution in [3.8, 4) is 0 Å². The molecule has 2 fully saturated rings. The third kappa shape index (κ3) is 10.3. The average molecular weight is 499 g/mol. The van der Waals surface area contributed by atoms with E-state index in [1.165, 1.54) is 0 Å². The van der Waals surface area contributed by atoms with Gasteiger partial charge in [-0.05, 0) is 32.6 Å². The molecule has 0 amide bonds. The van der Waals surface area contributed by atoms with Crippen LogP contribution >= 0.6 is 24.0 Å². The third-order valence-electron chi connectivity index (χ3n) is 4.79. The van der Waals surface area contributed by atoms with Crippen LogP contribution in [0.25, 0.3) is 0 Å². The molecule has 0 aromatic heterocycles. The summed E-state index contributed by atoms with van der Waals surface area (Å²) in [5, 5.41) is 3.42. The highest BCUT2D eigenvalue weighted by molar-refractivity contribution is 14.0. The summed E-state index contributed by atoms with van der Waals surface area (Å²) in [6, 6.07) is 0. The van der Waals surface area contributed by atoms with Gasteiger partial charge in [0.2, 0.25) is 0 Å². The fraction of sp³-hybridized carbons (Fsp3) is 0.947. The van der Waals surface area contributed by atoms with Gasteiger partial charge in [0.15, 0.2) is 5.96 Å². The minimum atomic E-state index is 0. The molecule has 0 aromatic carbocycles. The number of nitrogens with zero attached hydrogens (tertiary/aromatic N) is 2. The summed E-state index contributed by atoms with van der Waals surface area (Å²) in [5.41, 5.74) is 0. The van der Waals surface area contributed by atoms with Crippen molar-refractivity contribution in [2.75, 3.05) is 72.9 Å². The summed E-state index contributed by atoms with van der Waals surface area (Å²) >= 11 is 0. The van der Waals surface area contributed by atoms with Crippen LogP contribution in [-0.4, -0.2) is 89.9 Å². The molecule has 160 valence electrons. The molecule has 0 saturated carbocycles. The fourth-order valence-corrected chi connectivity index (χ4v) is 3.32. The Hall–Kier alpha value is -0.160. The van der Waals surface area contributed by atoms with Gasteiger partial charge in [-0.2, -0.15) is 0 Å². The first-order chi connectivity index (χ1) is 12.8. The van der Waals surface area contributed by atoms with Crippen LogP contribution in [0.3, 0.4) is 0 Å². The Morgan fingerprint density at radius 1 is 1.19 bits per heavy atom. The van der Waals surface area contributed by atoms with Gasteiger partial charge in [0.05, 0.1) is 25.9 Å². The number of aliphatic imine (C=N–C) groups is 1. The molecule has 0 radical (unpaired) electrons. The molecule has 2 saturated heterocycles. The fourth-order valence-electron chi connectivity index (χ4n) is 3.32. The molecule has 2 heterocycles. The number of rotatable bonds is 11. The topological polar surface area (TPSA) is 64.6 Å². The molecule has 0 spiro atoms. The minimum Gasteiger partial charge on any atom is -0.382 e. The van der Waals surface area contributed by atoms with Gasteiger partial charge in [0.1, 0.15) is 0 Å². The summed E-state index contributed by atoms with van der Waals surface area (Å²) < 4.78 is 22.0. The number of halogens is 1. The molecule has 2 rings (SSSR count). The van der Waals surface area contributed by atoms with Crippen LogP contribution < -0.4 is 5.32 Å². The second-order valence-corrected chi connectivity index (χ2v) is 6.94. The van der Waals surface area contributed by atoms with E-state index in [0.29, 0.717) is 25.2 Å². The molecule has 1 unspecified atom stereocenters. The highest BCUT2D eigenvalue weighted by Gasteiger charge is 2.24. The first kappa shape index (κ1) is 24.9. The zero-order valence-electron chi connectivity index (χ0n) is 17.0. The maximum absolute atomic E-state index is 5.92. The average Bonchev–Trinajstić information content (AvgIpc) is 3.14. The van der Waals surface area contributed by atoms with Gasteiger partial charge in [0, 0.05) is 59.0 Å². The van der Waals surface area contributed by atoms with Crippen molar-refractivity contribution in [1.29, 1.82) is 0 Å². The zero-order chi connectivity index (χ0) is 18.5. The van der Waals surface area contributed by atoms with E-state index in [-0.39, 0.29) is 24.0 Å². The Balaban J connectivity index is 0.00000364. The van der Waals surface area contributed by atoms with E-state index in [4.69, 9.17) is 23.9 Å². The van der Waals surface area contributed by atoms with Crippen LogP contribution in [0.2, 0.25) is 0 Å². The molecular weight excluding hydrogens is 461 g/mol.